The molecule has 0 heterocycles. The second kappa shape index (κ2) is 8.80. The molecule has 0 aliphatic carbocycles. The van der Waals surface area contributed by atoms with Crippen LogP contribution in [0.15, 0.2) is 12.1 Å². The van der Waals surface area contributed by atoms with Crippen molar-refractivity contribution in [2.75, 3.05) is 20.8 Å². The zero-order valence-electron chi connectivity index (χ0n) is 13.0. The molecule has 0 spiro atoms. The fourth-order valence-electron chi connectivity index (χ4n) is 2.23. The monoisotopic (exact) mass is 283 g/mol. The first-order chi connectivity index (χ1) is 9.67. The highest BCUT2D eigenvalue weighted by Crippen LogP contribution is 2.33. The Hall–Kier alpha value is -1.29. The van der Waals surface area contributed by atoms with E-state index in [4.69, 9.17) is 9.47 Å². The summed E-state index contributed by atoms with van der Waals surface area (Å²) in [5, 5.41) is 3.41. The van der Waals surface area contributed by atoms with Gasteiger partial charge in [-0.3, -0.25) is 0 Å². The number of ether oxygens (including phenoxy) is 2. The summed E-state index contributed by atoms with van der Waals surface area (Å²) in [7, 11) is 3.08. The summed E-state index contributed by atoms with van der Waals surface area (Å²) in [6.07, 6.45) is 4.11. The Morgan fingerprint density at radius 3 is 2.30 bits per heavy atom. The van der Waals surface area contributed by atoms with E-state index in [1.165, 1.54) is 13.2 Å². The molecule has 3 nitrogen and oxygen atoms in total. The first-order valence-electron chi connectivity index (χ1n) is 7.32. The molecule has 0 saturated heterocycles. The molecule has 0 fully saturated rings. The molecule has 0 radical (unpaired) electrons. The molecule has 1 aromatic rings. The smallest absolute Gasteiger partial charge is 0.163 e. The van der Waals surface area contributed by atoms with E-state index in [-0.39, 0.29) is 11.9 Å². The van der Waals surface area contributed by atoms with E-state index in [1.54, 1.807) is 13.2 Å². The van der Waals surface area contributed by atoms with Crippen LogP contribution in [0, 0.1) is 5.82 Å². The zero-order valence-corrected chi connectivity index (χ0v) is 13.0. The highest BCUT2D eigenvalue weighted by Gasteiger charge is 2.18. The predicted molar refractivity (Wildman–Crippen MR) is 80.1 cm³/mol. The fraction of sp³-hybridized carbons (Fsp3) is 0.625. The summed E-state index contributed by atoms with van der Waals surface area (Å²) < 4.78 is 24.7. The predicted octanol–water partition coefficient (Wildman–Crippen LogP) is 4.07. The second-order valence-electron chi connectivity index (χ2n) is 4.88. The topological polar surface area (TPSA) is 30.5 Å². The van der Waals surface area contributed by atoms with E-state index < -0.39 is 0 Å². The van der Waals surface area contributed by atoms with Gasteiger partial charge in [-0.2, -0.15) is 0 Å². The molecule has 1 N–H and O–H groups in total. The first kappa shape index (κ1) is 16.8. The van der Waals surface area contributed by atoms with Crippen LogP contribution in [0.2, 0.25) is 0 Å². The van der Waals surface area contributed by atoms with Crippen LogP contribution in [-0.2, 0) is 0 Å². The molecule has 0 saturated carbocycles. The number of halogens is 1. The van der Waals surface area contributed by atoms with Crippen LogP contribution in [0.3, 0.4) is 0 Å². The lowest BCUT2D eigenvalue weighted by Crippen LogP contribution is -2.23. The quantitative estimate of drug-likeness (QED) is 0.741. The van der Waals surface area contributed by atoms with E-state index in [0.29, 0.717) is 17.1 Å². The number of rotatable bonds is 9. The summed E-state index contributed by atoms with van der Waals surface area (Å²) >= 11 is 0. The van der Waals surface area contributed by atoms with Gasteiger partial charge in [-0.1, -0.05) is 26.7 Å². The van der Waals surface area contributed by atoms with Crippen LogP contribution in [0.4, 0.5) is 4.39 Å². The fourth-order valence-corrected chi connectivity index (χ4v) is 2.23. The standard InChI is InChI=1S/C16H26FNO2/c1-5-7-8-14(18-9-6-2)12-10-15(19-3)16(20-4)11-13(12)17/h10-11,14,18H,5-9H2,1-4H3. The third kappa shape index (κ3) is 4.37. The number of methoxy groups -OCH3 is 2. The number of unbranched alkanes of at least 4 members (excludes halogenated alkanes) is 1. The first-order valence-corrected chi connectivity index (χ1v) is 7.32. The number of hydrogen-bond donors (Lipinski definition) is 1. The lowest BCUT2D eigenvalue weighted by atomic mass is 9.99. The highest BCUT2D eigenvalue weighted by molar-refractivity contribution is 5.44. The Morgan fingerprint density at radius 2 is 1.75 bits per heavy atom. The molecule has 0 aliphatic rings. The highest BCUT2D eigenvalue weighted by atomic mass is 19.1. The molecule has 0 aromatic heterocycles. The molecule has 0 bridgehead atoms. The minimum absolute atomic E-state index is 0.0229. The van der Waals surface area contributed by atoms with Crippen molar-refractivity contribution in [2.24, 2.45) is 0 Å². The summed E-state index contributed by atoms with van der Waals surface area (Å²) in [5.41, 5.74) is 0.657. The van der Waals surface area contributed by atoms with Gasteiger partial charge in [0.1, 0.15) is 5.82 Å². The molecular formula is C16H26FNO2. The Labute approximate surface area is 121 Å². The molecule has 20 heavy (non-hydrogen) atoms. The third-order valence-corrected chi connectivity index (χ3v) is 3.37. The number of nitrogens with one attached hydrogen (secondary N) is 1. The van der Waals surface area contributed by atoms with Crippen molar-refractivity contribution in [3.63, 3.8) is 0 Å². The van der Waals surface area contributed by atoms with Crippen molar-refractivity contribution in [3.8, 4) is 11.5 Å². The van der Waals surface area contributed by atoms with Gasteiger partial charge in [-0.15, -0.1) is 0 Å². The zero-order chi connectivity index (χ0) is 15.0. The molecule has 0 amide bonds. The molecule has 1 rings (SSSR count). The van der Waals surface area contributed by atoms with Gasteiger partial charge < -0.3 is 14.8 Å². The maximum Gasteiger partial charge on any atom is 0.163 e. The van der Waals surface area contributed by atoms with Crippen LogP contribution in [0.1, 0.15) is 51.1 Å². The third-order valence-electron chi connectivity index (χ3n) is 3.37. The van der Waals surface area contributed by atoms with Gasteiger partial charge in [0, 0.05) is 17.7 Å². The molecule has 1 unspecified atom stereocenters. The van der Waals surface area contributed by atoms with E-state index in [0.717, 1.165) is 32.2 Å². The summed E-state index contributed by atoms with van der Waals surface area (Å²) in [4.78, 5) is 0. The van der Waals surface area contributed by atoms with Gasteiger partial charge in [-0.05, 0) is 25.5 Å². The van der Waals surface area contributed by atoms with Gasteiger partial charge in [0.15, 0.2) is 11.5 Å². The minimum Gasteiger partial charge on any atom is -0.493 e. The SMILES string of the molecule is CCCCC(NCCC)c1cc(OC)c(OC)cc1F. The average Bonchev–Trinajstić information content (AvgIpc) is 2.47. The Morgan fingerprint density at radius 1 is 1.10 bits per heavy atom. The molecule has 4 heteroatoms. The normalized spacial score (nSPS) is 12.2. The Bertz CT molecular complexity index is 402. The molecule has 1 aromatic carbocycles. The van der Waals surface area contributed by atoms with Crippen molar-refractivity contribution >= 4 is 0 Å². The van der Waals surface area contributed by atoms with Crippen molar-refractivity contribution in [1.82, 2.24) is 5.32 Å². The summed E-state index contributed by atoms with van der Waals surface area (Å²) in [5.74, 6) is 0.759. The van der Waals surface area contributed by atoms with Crippen molar-refractivity contribution < 1.29 is 13.9 Å². The van der Waals surface area contributed by atoms with E-state index in [1.807, 2.05) is 0 Å². The van der Waals surface area contributed by atoms with Gasteiger partial charge in [0.25, 0.3) is 0 Å². The number of benzene rings is 1. The minimum atomic E-state index is -0.243. The van der Waals surface area contributed by atoms with E-state index in [9.17, 15) is 4.39 Å². The maximum absolute atomic E-state index is 14.3. The largest absolute Gasteiger partial charge is 0.493 e. The number of hydrogen-bond acceptors (Lipinski definition) is 3. The van der Waals surface area contributed by atoms with Crippen molar-refractivity contribution in [2.45, 2.75) is 45.6 Å². The van der Waals surface area contributed by atoms with Crippen molar-refractivity contribution in [1.29, 1.82) is 0 Å². The van der Waals surface area contributed by atoms with Crippen LogP contribution >= 0.6 is 0 Å². The second-order valence-corrected chi connectivity index (χ2v) is 4.88. The lowest BCUT2D eigenvalue weighted by Gasteiger charge is -2.21. The molecular weight excluding hydrogens is 257 g/mol. The molecule has 114 valence electrons. The van der Waals surface area contributed by atoms with Gasteiger partial charge in [0.2, 0.25) is 0 Å². The summed E-state index contributed by atoms with van der Waals surface area (Å²) in [6, 6.07) is 3.17. The Balaban J connectivity index is 3.04. The summed E-state index contributed by atoms with van der Waals surface area (Å²) in [6.45, 7) is 5.12. The lowest BCUT2D eigenvalue weighted by molar-refractivity contribution is 0.349. The van der Waals surface area contributed by atoms with Gasteiger partial charge in [0.05, 0.1) is 14.2 Å². The average molecular weight is 283 g/mol. The van der Waals surface area contributed by atoms with E-state index >= 15 is 0 Å². The van der Waals surface area contributed by atoms with Gasteiger partial charge >= 0.3 is 0 Å². The van der Waals surface area contributed by atoms with Crippen LogP contribution in [-0.4, -0.2) is 20.8 Å². The van der Waals surface area contributed by atoms with Crippen LogP contribution in [0.25, 0.3) is 0 Å². The van der Waals surface area contributed by atoms with Crippen molar-refractivity contribution in [3.05, 3.63) is 23.5 Å². The molecule has 0 aliphatic heterocycles. The molecule has 1 atom stereocenters. The van der Waals surface area contributed by atoms with Gasteiger partial charge in [-0.25, -0.2) is 4.39 Å². The Kier molecular flexibility index (Phi) is 7.37. The van der Waals surface area contributed by atoms with Crippen LogP contribution in [0.5, 0.6) is 11.5 Å². The van der Waals surface area contributed by atoms with E-state index in [2.05, 4.69) is 19.2 Å². The maximum atomic E-state index is 14.3. The van der Waals surface area contributed by atoms with Crippen LogP contribution < -0.4 is 14.8 Å².